The van der Waals surface area contributed by atoms with Gasteiger partial charge in [-0.2, -0.15) is 0 Å². The van der Waals surface area contributed by atoms with E-state index in [1.807, 2.05) is 19.1 Å². The van der Waals surface area contributed by atoms with Crippen molar-refractivity contribution in [2.24, 2.45) is 11.8 Å². The van der Waals surface area contributed by atoms with Crippen molar-refractivity contribution in [1.82, 2.24) is 15.1 Å². The van der Waals surface area contributed by atoms with E-state index in [0.717, 1.165) is 38.2 Å². The molecule has 4 aliphatic rings. The van der Waals surface area contributed by atoms with E-state index < -0.39 is 22.6 Å². The fraction of sp³-hybridized carbons (Fsp3) is 0.667. The van der Waals surface area contributed by atoms with Crippen molar-refractivity contribution in [3.63, 3.8) is 0 Å². The van der Waals surface area contributed by atoms with Gasteiger partial charge in [0.25, 0.3) is 0 Å². The molecule has 4 fully saturated rings. The lowest BCUT2D eigenvalue weighted by atomic mass is 9.70. The Morgan fingerprint density at radius 3 is 2.66 bits per heavy atom. The first-order valence-corrected chi connectivity index (χ1v) is 14.6. The number of aliphatic hydroxyl groups excluding tert-OH is 1. The molecule has 0 aromatic heterocycles. The molecule has 2 bridgehead atoms. The number of morpholine rings is 1. The molecule has 2 unspecified atom stereocenters. The summed E-state index contributed by atoms with van der Waals surface area (Å²) in [7, 11) is 0. The lowest BCUT2D eigenvalue weighted by Crippen LogP contribution is -2.54. The smallest absolute Gasteiger partial charge is 0.244 e. The Morgan fingerprint density at radius 2 is 1.95 bits per heavy atom. The predicted molar refractivity (Wildman–Crippen MR) is 144 cm³/mol. The molecular weight excluding hydrogens is 508 g/mol. The molecule has 4 aliphatic heterocycles. The van der Waals surface area contributed by atoms with Crippen LogP contribution in [0.15, 0.2) is 24.3 Å². The number of nitrogens with zero attached hydrogens (tertiary/aromatic N) is 2. The second-order valence-corrected chi connectivity index (χ2v) is 12.0. The lowest BCUT2D eigenvalue weighted by molar-refractivity contribution is -0.139. The molecule has 5 rings (SSSR count). The predicted octanol–water partition coefficient (Wildman–Crippen LogP) is 0.946. The fourth-order valence-corrected chi connectivity index (χ4v) is 8.74. The molecule has 1 aromatic carbocycles. The molecular formula is C27H38N4O6S. The van der Waals surface area contributed by atoms with Crippen LogP contribution in [0.5, 0.6) is 5.75 Å². The standard InChI is InChI=1S/C27H38N4O6S/c1-2-37-19-6-4-18(5-7-19)29-24(33)21-20-8-9-27(38-20)22(21)26(35)31(11-3-15-32)23(27)25(34)28-10-12-30-13-16-36-17-14-30/h4-7,20-23,32H,2-3,8-17H2,1H3,(H,28,34)(H,29,33)/t20-,21+,22-,23?,27?/m0/s1. The van der Waals surface area contributed by atoms with Crippen molar-refractivity contribution < 1.29 is 29.0 Å². The summed E-state index contributed by atoms with van der Waals surface area (Å²) in [6, 6.07) is 6.58. The molecule has 1 aromatic rings. The maximum Gasteiger partial charge on any atom is 0.244 e. The number of aliphatic hydroxyl groups is 1. The molecule has 208 valence electrons. The molecule has 3 N–H and O–H groups in total. The fourth-order valence-electron chi connectivity index (χ4n) is 6.52. The Balaban J connectivity index is 1.31. The normalized spacial score (nSPS) is 30.4. The number of thioether (sulfide) groups is 1. The maximum atomic E-state index is 13.8. The molecule has 0 aliphatic carbocycles. The Bertz CT molecular complexity index is 1020. The molecule has 4 saturated heterocycles. The summed E-state index contributed by atoms with van der Waals surface area (Å²) >= 11 is 1.65. The molecule has 10 nitrogen and oxygen atoms in total. The number of amides is 3. The van der Waals surface area contributed by atoms with E-state index in [2.05, 4.69) is 15.5 Å². The van der Waals surface area contributed by atoms with Gasteiger partial charge in [0.15, 0.2) is 0 Å². The summed E-state index contributed by atoms with van der Waals surface area (Å²) < 4.78 is 10.3. The van der Waals surface area contributed by atoms with Crippen molar-refractivity contribution in [2.75, 3.05) is 64.5 Å². The molecule has 5 atom stereocenters. The van der Waals surface area contributed by atoms with E-state index in [1.54, 1.807) is 28.8 Å². The maximum absolute atomic E-state index is 13.8. The Morgan fingerprint density at radius 1 is 1.18 bits per heavy atom. The molecule has 3 amide bonds. The number of carbonyl (C=O) groups excluding carboxylic acids is 3. The van der Waals surface area contributed by atoms with E-state index >= 15 is 0 Å². The summed E-state index contributed by atoms with van der Waals surface area (Å²) in [6.07, 6.45) is 1.91. The van der Waals surface area contributed by atoms with Crippen LogP contribution in [-0.2, 0) is 19.1 Å². The summed E-state index contributed by atoms with van der Waals surface area (Å²) in [4.78, 5) is 44.9. The molecule has 1 spiro atoms. The van der Waals surface area contributed by atoms with Gasteiger partial charge < -0.3 is 30.1 Å². The number of ether oxygens (including phenoxy) is 2. The van der Waals surface area contributed by atoms with Crippen LogP contribution < -0.4 is 15.4 Å². The summed E-state index contributed by atoms with van der Waals surface area (Å²) in [5.41, 5.74) is 0.653. The van der Waals surface area contributed by atoms with Crippen molar-refractivity contribution in [2.45, 2.75) is 42.2 Å². The SMILES string of the molecule is CCOc1ccc(NC(=O)[C@@H]2[C@@H]3CCC4(S3)C(C(=O)NCCN3CCOCC3)N(CCCO)C(=O)[C@H]24)cc1. The molecule has 38 heavy (non-hydrogen) atoms. The van der Waals surface area contributed by atoms with Crippen LogP contribution in [0.25, 0.3) is 0 Å². The quantitative estimate of drug-likeness (QED) is 0.375. The van der Waals surface area contributed by atoms with Crippen LogP contribution in [-0.4, -0.2) is 108 Å². The van der Waals surface area contributed by atoms with Crippen LogP contribution in [0.2, 0.25) is 0 Å². The number of benzene rings is 1. The number of hydrogen-bond donors (Lipinski definition) is 3. The van der Waals surface area contributed by atoms with Crippen LogP contribution in [0.4, 0.5) is 5.69 Å². The van der Waals surface area contributed by atoms with E-state index in [-0.39, 0.29) is 29.6 Å². The van der Waals surface area contributed by atoms with E-state index in [4.69, 9.17) is 9.47 Å². The van der Waals surface area contributed by atoms with Gasteiger partial charge in [0.05, 0.1) is 36.4 Å². The Hall–Kier alpha value is -2.34. The first-order chi connectivity index (χ1) is 18.5. The minimum atomic E-state index is -0.644. The second-order valence-electron chi connectivity index (χ2n) is 10.4. The molecule has 0 radical (unpaired) electrons. The average Bonchev–Trinajstić information content (AvgIpc) is 3.56. The topological polar surface area (TPSA) is 120 Å². The first-order valence-electron chi connectivity index (χ1n) is 13.7. The number of fused-ring (bicyclic) bond motifs is 1. The second kappa shape index (κ2) is 11.8. The monoisotopic (exact) mass is 546 g/mol. The highest BCUT2D eigenvalue weighted by Crippen LogP contribution is 2.66. The zero-order valence-corrected chi connectivity index (χ0v) is 22.7. The molecule has 11 heteroatoms. The lowest BCUT2D eigenvalue weighted by Gasteiger charge is -2.34. The summed E-state index contributed by atoms with van der Waals surface area (Å²) in [5.74, 6) is -0.811. The summed E-state index contributed by atoms with van der Waals surface area (Å²) in [6.45, 7) is 7.01. The Labute approximate surface area is 227 Å². The van der Waals surface area contributed by atoms with Gasteiger partial charge >= 0.3 is 0 Å². The number of anilines is 1. The van der Waals surface area contributed by atoms with Gasteiger partial charge in [-0.05, 0) is 50.5 Å². The molecule has 0 saturated carbocycles. The molecule has 4 heterocycles. The highest BCUT2D eigenvalue weighted by Gasteiger charge is 2.73. The zero-order chi connectivity index (χ0) is 26.7. The largest absolute Gasteiger partial charge is 0.494 e. The van der Waals surface area contributed by atoms with Crippen molar-refractivity contribution >= 4 is 35.2 Å². The van der Waals surface area contributed by atoms with Gasteiger partial charge in [0.2, 0.25) is 17.7 Å². The van der Waals surface area contributed by atoms with Gasteiger partial charge in [-0.25, -0.2) is 0 Å². The van der Waals surface area contributed by atoms with Crippen LogP contribution in [0, 0.1) is 11.8 Å². The van der Waals surface area contributed by atoms with Crippen molar-refractivity contribution in [3.05, 3.63) is 24.3 Å². The number of hydrogen-bond acceptors (Lipinski definition) is 8. The average molecular weight is 547 g/mol. The third-order valence-corrected chi connectivity index (χ3v) is 10.1. The van der Waals surface area contributed by atoms with Crippen LogP contribution in [0.1, 0.15) is 26.2 Å². The minimum Gasteiger partial charge on any atom is -0.494 e. The van der Waals surface area contributed by atoms with E-state index in [1.165, 1.54) is 0 Å². The van der Waals surface area contributed by atoms with Gasteiger partial charge in [0.1, 0.15) is 11.8 Å². The van der Waals surface area contributed by atoms with E-state index in [0.29, 0.717) is 45.0 Å². The van der Waals surface area contributed by atoms with Gasteiger partial charge in [0, 0.05) is 50.3 Å². The Kier molecular flexibility index (Phi) is 8.47. The zero-order valence-electron chi connectivity index (χ0n) is 21.9. The van der Waals surface area contributed by atoms with Gasteiger partial charge in [-0.1, -0.05) is 0 Å². The third-order valence-electron chi connectivity index (χ3n) is 8.17. The van der Waals surface area contributed by atoms with Gasteiger partial charge in [-0.15, -0.1) is 11.8 Å². The number of nitrogens with one attached hydrogen (secondary N) is 2. The van der Waals surface area contributed by atoms with Crippen molar-refractivity contribution in [1.29, 1.82) is 0 Å². The van der Waals surface area contributed by atoms with Crippen LogP contribution >= 0.6 is 11.8 Å². The highest BCUT2D eigenvalue weighted by molar-refractivity contribution is 8.02. The number of carbonyl (C=O) groups is 3. The van der Waals surface area contributed by atoms with E-state index in [9.17, 15) is 19.5 Å². The number of likely N-dealkylation sites (tertiary alicyclic amines) is 1. The van der Waals surface area contributed by atoms with Crippen molar-refractivity contribution in [3.8, 4) is 5.75 Å². The number of rotatable bonds is 11. The summed E-state index contributed by atoms with van der Waals surface area (Å²) in [5, 5.41) is 15.6. The highest BCUT2D eigenvalue weighted by atomic mass is 32.2. The van der Waals surface area contributed by atoms with Gasteiger partial charge in [-0.3, -0.25) is 19.3 Å². The third kappa shape index (κ3) is 5.13. The first kappa shape index (κ1) is 27.2. The van der Waals surface area contributed by atoms with Crippen LogP contribution in [0.3, 0.4) is 0 Å². The minimum absolute atomic E-state index is 0.00436.